The van der Waals surface area contributed by atoms with Gasteiger partial charge in [-0.25, -0.2) is 9.97 Å². The number of ether oxygens (including phenoxy) is 1. The standard InChI is InChI=1S/C22H20F3N3O2S/c1-31-19-12-18(27-21(28-19)26-13-15-6-3-2-4-7-15)14-30-20(29)11-16-8-5-9-17(10-16)22(23,24)25/h2-10,12H,11,13-14H2,1H3,(H,26,27,28). The van der Waals surface area contributed by atoms with Crippen LogP contribution in [0.25, 0.3) is 0 Å². The summed E-state index contributed by atoms with van der Waals surface area (Å²) in [5, 5.41) is 3.84. The highest BCUT2D eigenvalue weighted by molar-refractivity contribution is 7.98. The van der Waals surface area contributed by atoms with E-state index in [0.717, 1.165) is 17.7 Å². The van der Waals surface area contributed by atoms with Gasteiger partial charge in [-0.1, -0.05) is 48.5 Å². The van der Waals surface area contributed by atoms with Gasteiger partial charge in [-0.05, 0) is 29.5 Å². The summed E-state index contributed by atoms with van der Waals surface area (Å²) in [5.74, 6) is -0.234. The number of carbonyl (C=O) groups is 1. The quantitative estimate of drug-likeness (QED) is 0.294. The largest absolute Gasteiger partial charge is 0.459 e. The summed E-state index contributed by atoms with van der Waals surface area (Å²) in [7, 11) is 0. The van der Waals surface area contributed by atoms with Crippen molar-refractivity contribution in [2.24, 2.45) is 0 Å². The van der Waals surface area contributed by atoms with Crippen LogP contribution < -0.4 is 5.32 Å². The second-order valence-corrected chi connectivity index (χ2v) is 7.43. The summed E-state index contributed by atoms with van der Waals surface area (Å²) in [6, 6.07) is 16.1. The first-order valence-corrected chi connectivity index (χ1v) is 10.6. The minimum Gasteiger partial charge on any atom is -0.459 e. The normalized spacial score (nSPS) is 11.2. The zero-order valence-electron chi connectivity index (χ0n) is 16.6. The monoisotopic (exact) mass is 447 g/mol. The average Bonchev–Trinajstić information content (AvgIpc) is 2.76. The van der Waals surface area contributed by atoms with Gasteiger partial charge in [0, 0.05) is 6.54 Å². The minimum atomic E-state index is -4.46. The van der Waals surface area contributed by atoms with Crippen LogP contribution in [0.1, 0.15) is 22.4 Å². The van der Waals surface area contributed by atoms with Crippen molar-refractivity contribution in [3.05, 3.63) is 83.0 Å². The molecule has 0 atom stereocenters. The van der Waals surface area contributed by atoms with Crippen LogP contribution in [0.4, 0.5) is 19.1 Å². The zero-order valence-corrected chi connectivity index (χ0v) is 17.5. The molecule has 162 valence electrons. The van der Waals surface area contributed by atoms with Gasteiger partial charge in [-0.15, -0.1) is 11.8 Å². The van der Waals surface area contributed by atoms with Gasteiger partial charge in [0.2, 0.25) is 5.95 Å². The fourth-order valence-electron chi connectivity index (χ4n) is 2.74. The first kappa shape index (κ1) is 22.6. The Morgan fingerprint density at radius 1 is 1.03 bits per heavy atom. The van der Waals surface area contributed by atoms with Crippen LogP contribution in [0.2, 0.25) is 0 Å². The topological polar surface area (TPSA) is 64.1 Å². The van der Waals surface area contributed by atoms with Gasteiger partial charge in [-0.3, -0.25) is 4.79 Å². The van der Waals surface area contributed by atoms with Gasteiger partial charge in [0.05, 0.1) is 17.7 Å². The summed E-state index contributed by atoms with van der Waals surface area (Å²) < 4.78 is 43.7. The van der Waals surface area contributed by atoms with Gasteiger partial charge in [0.25, 0.3) is 0 Å². The number of benzene rings is 2. The Kier molecular flexibility index (Phi) is 7.51. The van der Waals surface area contributed by atoms with Gasteiger partial charge in [-0.2, -0.15) is 13.2 Å². The van der Waals surface area contributed by atoms with E-state index in [-0.39, 0.29) is 18.6 Å². The number of alkyl halides is 3. The fourth-order valence-corrected chi connectivity index (χ4v) is 3.17. The molecule has 3 aromatic rings. The molecule has 0 saturated heterocycles. The number of thioether (sulfide) groups is 1. The van der Waals surface area contributed by atoms with Crippen LogP contribution >= 0.6 is 11.8 Å². The minimum absolute atomic E-state index is 0.103. The molecule has 0 aliphatic heterocycles. The molecule has 2 aromatic carbocycles. The summed E-state index contributed by atoms with van der Waals surface area (Å²) in [6.45, 7) is 0.432. The lowest BCUT2D eigenvalue weighted by atomic mass is 10.1. The maximum Gasteiger partial charge on any atom is 0.416 e. The Morgan fingerprint density at radius 3 is 2.48 bits per heavy atom. The van der Waals surface area contributed by atoms with Gasteiger partial charge in [0.1, 0.15) is 11.6 Å². The maximum atomic E-state index is 12.8. The molecule has 0 amide bonds. The smallest absolute Gasteiger partial charge is 0.416 e. The van der Waals surface area contributed by atoms with Crippen molar-refractivity contribution >= 4 is 23.7 Å². The van der Waals surface area contributed by atoms with Crippen molar-refractivity contribution in [3.63, 3.8) is 0 Å². The fraction of sp³-hybridized carbons (Fsp3) is 0.227. The van der Waals surface area contributed by atoms with E-state index < -0.39 is 17.7 Å². The first-order chi connectivity index (χ1) is 14.8. The Labute approximate surface area is 182 Å². The highest BCUT2D eigenvalue weighted by Gasteiger charge is 2.30. The second kappa shape index (κ2) is 10.3. The molecular formula is C22H20F3N3O2S. The lowest BCUT2D eigenvalue weighted by Gasteiger charge is -2.10. The molecule has 3 rings (SSSR count). The molecule has 0 spiro atoms. The van der Waals surface area contributed by atoms with Crippen molar-refractivity contribution in [2.45, 2.75) is 30.8 Å². The molecule has 0 aliphatic rings. The van der Waals surface area contributed by atoms with E-state index >= 15 is 0 Å². The van der Waals surface area contributed by atoms with Crippen LogP contribution in [-0.2, 0) is 35.3 Å². The number of nitrogens with zero attached hydrogens (tertiary/aromatic N) is 2. The molecular weight excluding hydrogens is 427 g/mol. The molecule has 0 saturated carbocycles. The molecule has 0 aliphatic carbocycles. The van der Waals surface area contributed by atoms with Gasteiger partial charge >= 0.3 is 12.1 Å². The Bertz CT molecular complexity index is 1030. The molecule has 0 bridgehead atoms. The maximum absolute atomic E-state index is 12.8. The molecule has 31 heavy (non-hydrogen) atoms. The Balaban J connectivity index is 1.61. The highest BCUT2D eigenvalue weighted by atomic mass is 32.2. The summed E-state index contributed by atoms with van der Waals surface area (Å²) >= 11 is 1.42. The van der Waals surface area contributed by atoms with E-state index in [0.29, 0.717) is 23.2 Å². The number of hydrogen-bond donors (Lipinski definition) is 1. The number of aromatic nitrogens is 2. The van der Waals surface area contributed by atoms with E-state index in [1.165, 1.54) is 23.9 Å². The number of rotatable bonds is 8. The second-order valence-electron chi connectivity index (χ2n) is 6.60. The first-order valence-electron chi connectivity index (χ1n) is 9.35. The number of nitrogens with one attached hydrogen (secondary N) is 1. The van der Waals surface area contributed by atoms with Crippen LogP contribution in [0.15, 0.2) is 65.7 Å². The van der Waals surface area contributed by atoms with Crippen LogP contribution in [0.5, 0.6) is 0 Å². The number of halogens is 3. The predicted molar refractivity (Wildman–Crippen MR) is 113 cm³/mol. The van der Waals surface area contributed by atoms with E-state index in [2.05, 4.69) is 15.3 Å². The van der Waals surface area contributed by atoms with E-state index in [4.69, 9.17) is 4.74 Å². The molecule has 5 nitrogen and oxygen atoms in total. The number of anilines is 1. The molecule has 0 radical (unpaired) electrons. The lowest BCUT2D eigenvalue weighted by Crippen LogP contribution is -2.12. The van der Waals surface area contributed by atoms with Crippen molar-refractivity contribution in [1.82, 2.24) is 9.97 Å². The number of carbonyl (C=O) groups excluding carboxylic acids is 1. The SMILES string of the molecule is CSc1cc(COC(=O)Cc2cccc(C(F)(F)F)c2)nc(NCc2ccccc2)n1. The predicted octanol–water partition coefficient (Wildman–Crippen LogP) is 5.12. The Hall–Kier alpha value is -3.07. The van der Waals surface area contributed by atoms with Gasteiger partial charge in [0.15, 0.2) is 0 Å². The summed E-state index contributed by atoms with van der Waals surface area (Å²) in [4.78, 5) is 20.9. The number of esters is 1. The highest BCUT2D eigenvalue weighted by Crippen LogP contribution is 2.29. The van der Waals surface area contributed by atoms with Crippen LogP contribution in [-0.4, -0.2) is 22.2 Å². The Morgan fingerprint density at radius 2 is 1.77 bits per heavy atom. The molecule has 0 fully saturated rings. The molecule has 1 N–H and O–H groups in total. The molecule has 9 heteroatoms. The van der Waals surface area contributed by atoms with Crippen molar-refractivity contribution in [1.29, 1.82) is 0 Å². The van der Waals surface area contributed by atoms with Gasteiger partial charge < -0.3 is 10.1 Å². The number of hydrogen-bond acceptors (Lipinski definition) is 6. The third-order valence-electron chi connectivity index (χ3n) is 4.24. The molecule has 1 aromatic heterocycles. The zero-order chi connectivity index (χ0) is 22.3. The lowest BCUT2D eigenvalue weighted by molar-refractivity contribution is -0.144. The average molecular weight is 447 g/mol. The van der Waals surface area contributed by atoms with E-state index in [1.54, 1.807) is 6.07 Å². The van der Waals surface area contributed by atoms with Crippen molar-refractivity contribution in [3.8, 4) is 0 Å². The molecule has 1 heterocycles. The third kappa shape index (κ3) is 6.99. The van der Waals surface area contributed by atoms with E-state index in [9.17, 15) is 18.0 Å². The van der Waals surface area contributed by atoms with E-state index in [1.807, 2.05) is 36.6 Å². The van der Waals surface area contributed by atoms with Crippen LogP contribution in [0.3, 0.4) is 0 Å². The summed E-state index contributed by atoms with van der Waals surface area (Å²) in [5.41, 5.74) is 0.993. The third-order valence-corrected chi connectivity index (χ3v) is 4.87. The van der Waals surface area contributed by atoms with Crippen molar-refractivity contribution in [2.75, 3.05) is 11.6 Å². The van der Waals surface area contributed by atoms with Crippen molar-refractivity contribution < 1.29 is 22.7 Å². The molecule has 0 unspecified atom stereocenters. The summed E-state index contributed by atoms with van der Waals surface area (Å²) in [6.07, 6.45) is -2.85. The van der Waals surface area contributed by atoms with Crippen LogP contribution in [0, 0.1) is 0 Å².